The molecule has 1 aromatic carbocycles. The zero-order valence-electron chi connectivity index (χ0n) is 10.1. The number of rotatable bonds is 6. The van der Waals surface area contributed by atoms with E-state index in [9.17, 15) is 8.42 Å². The van der Waals surface area contributed by atoms with Gasteiger partial charge in [-0.2, -0.15) is 5.26 Å². The summed E-state index contributed by atoms with van der Waals surface area (Å²) in [5.74, 6) is 0. The summed E-state index contributed by atoms with van der Waals surface area (Å²) in [7, 11) is -3.70. The van der Waals surface area contributed by atoms with Crippen LogP contribution in [0.3, 0.4) is 0 Å². The Balaban J connectivity index is 0.00000324. The lowest BCUT2D eigenvalue weighted by molar-refractivity contribution is 0.577. The molecule has 0 aliphatic rings. The number of nitriles is 1. The SMILES string of the molecule is Cl.N#Cc1c(Cl)cccc1S(=O)(=O)NCCCCN. The van der Waals surface area contributed by atoms with Gasteiger partial charge in [0.05, 0.1) is 10.6 Å². The molecule has 0 heterocycles. The molecule has 0 fully saturated rings. The van der Waals surface area contributed by atoms with Crippen molar-refractivity contribution in [1.29, 1.82) is 5.26 Å². The van der Waals surface area contributed by atoms with Gasteiger partial charge >= 0.3 is 0 Å². The van der Waals surface area contributed by atoms with Gasteiger partial charge in [0.15, 0.2) is 0 Å². The molecular weight excluding hydrogens is 309 g/mol. The standard InChI is InChI=1S/C11H14ClN3O2S.ClH/c12-10-4-3-5-11(9(10)8-14)18(16,17)15-7-2-1-6-13;/h3-5,15H,1-2,6-7,13H2;1H. The van der Waals surface area contributed by atoms with Crippen LogP contribution in [0.1, 0.15) is 18.4 Å². The Kier molecular flexibility index (Phi) is 7.99. The molecule has 5 nitrogen and oxygen atoms in total. The molecule has 0 radical (unpaired) electrons. The maximum Gasteiger partial charge on any atom is 0.241 e. The molecule has 0 saturated carbocycles. The summed E-state index contributed by atoms with van der Waals surface area (Å²) in [6.07, 6.45) is 1.39. The average molecular weight is 324 g/mol. The van der Waals surface area contributed by atoms with Gasteiger partial charge in [-0.1, -0.05) is 17.7 Å². The van der Waals surface area contributed by atoms with Gasteiger partial charge in [-0.05, 0) is 31.5 Å². The van der Waals surface area contributed by atoms with E-state index in [2.05, 4.69) is 4.72 Å². The summed E-state index contributed by atoms with van der Waals surface area (Å²) in [4.78, 5) is -0.0924. The van der Waals surface area contributed by atoms with Gasteiger partial charge in [-0.25, -0.2) is 13.1 Å². The molecule has 0 atom stereocenters. The van der Waals surface area contributed by atoms with Crippen LogP contribution in [0.2, 0.25) is 5.02 Å². The zero-order valence-corrected chi connectivity index (χ0v) is 12.5. The van der Waals surface area contributed by atoms with Crippen molar-refractivity contribution >= 4 is 34.0 Å². The molecule has 106 valence electrons. The molecular formula is C11H15Cl2N3O2S. The second kappa shape index (κ2) is 8.35. The van der Waals surface area contributed by atoms with Crippen molar-refractivity contribution in [3.63, 3.8) is 0 Å². The number of hydrogen-bond donors (Lipinski definition) is 2. The van der Waals surface area contributed by atoms with E-state index in [1.807, 2.05) is 0 Å². The minimum absolute atomic E-state index is 0. The van der Waals surface area contributed by atoms with Crippen molar-refractivity contribution in [3.05, 3.63) is 28.8 Å². The van der Waals surface area contributed by atoms with Gasteiger partial charge < -0.3 is 5.73 Å². The van der Waals surface area contributed by atoms with E-state index < -0.39 is 10.0 Å². The lowest BCUT2D eigenvalue weighted by Gasteiger charge is -2.08. The van der Waals surface area contributed by atoms with Crippen molar-refractivity contribution in [3.8, 4) is 6.07 Å². The van der Waals surface area contributed by atoms with Crippen molar-refractivity contribution in [2.45, 2.75) is 17.7 Å². The number of halogens is 2. The van der Waals surface area contributed by atoms with E-state index in [1.54, 1.807) is 6.07 Å². The maximum atomic E-state index is 12.0. The lowest BCUT2D eigenvalue weighted by Crippen LogP contribution is -2.26. The molecule has 0 saturated heterocycles. The number of nitrogens with zero attached hydrogens (tertiary/aromatic N) is 1. The van der Waals surface area contributed by atoms with E-state index >= 15 is 0 Å². The lowest BCUT2D eigenvalue weighted by atomic mass is 10.2. The first-order valence-electron chi connectivity index (χ1n) is 5.41. The minimum Gasteiger partial charge on any atom is -0.330 e. The highest BCUT2D eigenvalue weighted by Gasteiger charge is 2.19. The molecule has 1 aromatic rings. The molecule has 0 bridgehead atoms. The molecule has 1 rings (SSSR count). The summed E-state index contributed by atoms with van der Waals surface area (Å²) in [5, 5.41) is 9.06. The molecule has 19 heavy (non-hydrogen) atoms. The average Bonchev–Trinajstić information content (AvgIpc) is 2.34. The summed E-state index contributed by atoms with van der Waals surface area (Å²) < 4.78 is 26.4. The molecule has 0 unspecified atom stereocenters. The monoisotopic (exact) mass is 323 g/mol. The van der Waals surface area contributed by atoms with Gasteiger partial charge in [-0.3, -0.25) is 0 Å². The van der Waals surface area contributed by atoms with Gasteiger partial charge in [0.1, 0.15) is 11.0 Å². The number of nitrogens with one attached hydrogen (secondary N) is 1. The van der Waals surface area contributed by atoms with Crippen LogP contribution >= 0.6 is 24.0 Å². The van der Waals surface area contributed by atoms with E-state index in [0.29, 0.717) is 13.0 Å². The third kappa shape index (κ3) is 4.97. The predicted octanol–water partition coefficient (Wildman–Crippen LogP) is 1.65. The quantitative estimate of drug-likeness (QED) is 0.778. The highest BCUT2D eigenvalue weighted by molar-refractivity contribution is 7.89. The van der Waals surface area contributed by atoms with Gasteiger partial charge in [0, 0.05) is 6.54 Å². The summed E-state index contributed by atoms with van der Waals surface area (Å²) in [5.41, 5.74) is 5.28. The Hall–Kier alpha value is -0.840. The fourth-order valence-electron chi connectivity index (χ4n) is 1.39. The van der Waals surface area contributed by atoms with Crippen molar-refractivity contribution in [1.82, 2.24) is 4.72 Å². The third-order valence-corrected chi connectivity index (χ3v) is 4.12. The first-order valence-corrected chi connectivity index (χ1v) is 7.27. The first-order chi connectivity index (χ1) is 8.53. The van der Waals surface area contributed by atoms with Crippen LogP contribution in [0.5, 0.6) is 0 Å². The van der Waals surface area contributed by atoms with Crippen molar-refractivity contribution < 1.29 is 8.42 Å². The van der Waals surface area contributed by atoms with Crippen LogP contribution in [0, 0.1) is 11.3 Å². The second-order valence-electron chi connectivity index (χ2n) is 3.62. The topological polar surface area (TPSA) is 96.0 Å². The van der Waals surface area contributed by atoms with Gasteiger partial charge in [-0.15, -0.1) is 12.4 Å². The normalized spacial score (nSPS) is 10.6. The molecule has 0 spiro atoms. The first kappa shape index (κ1) is 18.2. The number of benzene rings is 1. The van der Waals surface area contributed by atoms with E-state index in [4.69, 9.17) is 22.6 Å². The number of hydrogen-bond acceptors (Lipinski definition) is 4. The zero-order chi connectivity index (χ0) is 13.6. The molecule has 0 aliphatic carbocycles. The second-order valence-corrected chi connectivity index (χ2v) is 5.76. The van der Waals surface area contributed by atoms with Crippen molar-refractivity contribution in [2.75, 3.05) is 13.1 Å². The smallest absolute Gasteiger partial charge is 0.241 e. The molecule has 0 aromatic heterocycles. The predicted molar refractivity (Wildman–Crippen MR) is 76.9 cm³/mol. The fourth-order valence-corrected chi connectivity index (χ4v) is 2.91. The largest absolute Gasteiger partial charge is 0.330 e. The highest BCUT2D eigenvalue weighted by Crippen LogP contribution is 2.22. The number of sulfonamides is 1. The summed E-state index contributed by atoms with van der Waals surface area (Å²) in [6, 6.07) is 6.13. The summed E-state index contributed by atoms with van der Waals surface area (Å²) in [6.45, 7) is 0.805. The fraction of sp³-hybridized carbons (Fsp3) is 0.364. The molecule has 0 amide bonds. The van der Waals surface area contributed by atoms with Crippen LogP contribution < -0.4 is 10.5 Å². The van der Waals surface area contributed by atoms with E-state index in [1.165, 1.54) is 18.2 Å². The van der Waals surface area contributed by atoms with Crippen LogP contribution in [-0.4, -0.2) is 21.5 Å². The Labute approximate surface area is 124 Å². The van der Waals surface area contributed by atoms with Gasteiger partial charge in [0.25, 0.3) is 0 Å². The molecule has 3 N–H and O–H groups in total. The van der Waals surface area contributed by atoms with E-state index in [0.717, 1.165) is 6.42 Å². The molecule has 0 aliphatic heterocycles. The Morgan fingerprint density at radius 1 is 1.37 bits per heavy atom. The van der Waals surface area contributed by atoms with E-state index in [-0.39, 0.29) is 34.4 Å². The van der Waals surface area contributed by atoms with Crippen LogP contribution in [0.25, 0.3) is 0 Å². The Bertz CT molecular complexity index is 556. The minimum atomic E-state index is -3.70. The van der Waals surface area contributed by atoms with Crippen LogP contribution in [0.4, 0.5) is 0 Å². The number of unbranched alkanes of at least 4 members (excludes halogenated alkanes) is 1. The summed E-state index contributed by atoms with van der Waals surface area (Å²) >= 11 is 5.79. The molecule has 8 heteroatoms. The number of nitrogens with two attached hydrogens (primary N) is 1. The highest BCUT2D eigenvalue weighted by atomic mass is 35.5. The Morgan fingerprint density at radius 3 is 2.63 bits per heavy atom. The van der Waals surface area contributed by atoms with Crippen LogP contribution in [0.15, 0.2) is 23.1 Å². The van der Waals surface area contributed by atoms with Gasteiger partial charge in [0.2, 0.25) is 10.0 Å². The third-order valence-electron chi connectivity index (χ3n) is 2.30. The van der Waals surface area contributed by atoms with Crippen molar-refractivity contribution in [2.24, 2.45) is 5.73 Å². The van der Waals surface area contributed by atoms with Crippen LogP contribution in [-0.2, 0) is 10.0 Å². The Morgan fingerprint density at radius 2 is 2.05 bits per heavy atom. The maximum absolute atomic E-state index is 12.0.